The van der Waals surface area contributed by atoms with E-state index in [9.17, 15) is 13.2 Å². The molecule has 0 aromatic carbocycles. The molecule has 0 atom stereocenters. The first-order valence-electron chi connectivity index (χ1n) is 6.46. The number of methoxy groups -OCH3 is 1. The molecule has 0 bridgehead atoms. The van der Waals surface area contributed by atoms with Crippen LogP contribution in [0.2, 0.25) is 0 Å². The summed E-state index contributed by atoms with van der Waals surface area (Å²) >= 11 is 0. The number of anilines is 2. The van der Waals surface area contributed by atoms with E-state index in [1.165, 1.54) is 20.2 Å². The smallest absolute Gasteiger partial charge is 0.338 e. The summed E-state index contributed by atoms with van der Waals surface area (Å²) in [6.07, 6.45) is 1.98. The van der Waals surface area contributed by atoms with E-state index >= 15 is 0 Å². The van der Waals surface area contributed by atoms with Crippen LogP contribution in [0.3, 0.4) is 0 Å². The summed E-state index contributed by atoms with van der Waals surface area (Å²) in [6.45, 7) is 2.75. The number of hydrogen-bond acceptors (Lipinski definition) is 6. The third-order valence-corrected chi connectivity index (χ3v) is 4.17. The Hall–Kier alpha value is -1.83. The number of pyridine rings is 1. The minimum absolute atomic E-state index is 0.179. The van der Waals surface area contributed by atoms with Crippen LogP contribution in [0.5, 0.6) is 0 Å². The van der Waals surface area contributed by atoms with Crippen molar-refractivity contribution in [2.75, 3.05) is 43.2 Å². The number of carbonyl (C=O) groups is 1. The average Bonchev–Trinajstić information content (AvgIpc) is 2.44. The van der Waals surface area contributed by atoms with E-state index in [-0.39, 0.29) is 11.4 Å². The fraction of sp³-hybridized carbons (Fsp3) is 0.538. The molecule has 0 spiro atoms. The number of hydrogen-bond donors (Lipinski definition) is 0. The predicted molar refractivity (Wildman–Crippen MR) is 82.4 cm³/mol. The summed E-state index contributed by atoms with van der Waals surface area (Å²) in [4.78, 5) is 17.9. The highest BCUT2D eigenvalue weighted by atomic mass is 32.2. The topological polar surface area (TPSA) is 79.8 Å². The summed E-state index contributed by atoms with van der Waals surface area (Å²) in [6, 6.07) is 2.98. The predicted octanol–water partition coefficient (Wildman–Crippen LogP) is 1.11. The summed E-state index contributed by atoms with van der Waals surface area (Å²) in [7, 11) is 1.04. The third-order valence-electron chi connectivity index (χ3n) is 2.99. The molecule has 0 unspecified atom stereocenters. The number of sulfonamides is 1. The Balaban J connectivity index is 3.37. The Morgan fingerprint density at radius 3 is 2.33 bits per heavy atom. The lowest BCUT2D eigenvalue weighted by Gasteiger charge is -2.22. The maximum absolute atomic E-state index is 11.7. The molecule has 1 aromatic heterocycles. The summed E-state index contributed by atoms with van der Waals surface area (Å²) in [5, 5.41) is 0. The number of ether oxygens (including phenoxy) is 1. The van der Waals surface area contributed by atoms with Crippen LogP contribution in [-0.4, -0.2) is 53.4 Å². The molecule has 0 fully saturated rings. The van der Waals surface area contributed by atoms with Crippen molar-refractivity contribution in [1.82, 2.24) is 4.98 Å². The van der Waals surface area contributed by atoms with Gasteiger partial charge >= 0.3 is 5.97 Å². The molecule has 21 heavy (non-hydrogen) atoms. The minimum Gasteiger partial charge on any atom is -0.465 e. The van der Waals surface area contributed by atoms with Crippen LogP contribution < -0.4 is 9.21 Å². The Labute approximate surface area is 125 Å². The standard InChI is InChI=1S/C13H21N3O4S/c1-6-7-15(2)11-8-10(13(17)20-4)9-12(14-11)16(3)21(5,18)19/h8-9H,6-7H2,1-5H3. The number of esters is 1. The van der Waals surface area contributed by atoms with Crippen LogP contribution in [0.25, 0.3) is 0 Å². The maximum atomic E-state index is 11.7. The second-order valence-corrected chi connectivity index (χ2v) is 6.73. The third kappa shape index (κ3) is 4.32. The minimum atomic E-state index is -3.46. The second-order valence-electron chi connectivity index (χ2n) is 4.72. The van der Waals surface area contributed by atoms with E-state index in [4.69, 9.17) is 4.74 Å². The second kappa shape index (κ2) is 6.75. The highest BCUT2D eigenvalue weighted by Crippen LogP contribution is 2.21. The fourth-order valence-electron chi connectivity index (χ4n) is 1.71. The van der Waals surface area contributed by atoms with Crippen molar-refractivity contribution in [1.29, 1.82) is 0 Å². The van der Waals surface area contributed by atoms with Gasteiger partial charge in [-0.2, -0.15) is 0 Å². The van der Waals surface area contributed by atoms with Gasteiger partial charge in [0.05, 0.1) is 18.9 Å². The average molecular weight is 315 g/mol. The molecule has 1 heterocycles. The Morgan fingerprint density at radius 2 is 1.86 bits per heavy atom. The van der Waals surface area contributed by atoms with Gasteiger partial charge in [0.2, 0.25) is 10.0 Å². The quantitative estimate of drug-likeness (QED) is 0.732. The van der Waals surface area contributed by atoms with Crippen molar-refractivity contribution in [2.45, 2.75) is 13.3 Å². The largest absolute Gasteiger partial charge is 0.465 e. The number of aromatic nitrogens is 1. The van der Waals surface area contributed by atoms with Crippen molar-refractivity contribution in [3.8, 4) is 0 Å². The van der Waals surface area contributed by atoms with Crippen molar-refractivity contribution in [3.05, 3.63) is 17.7 Å². The van der Waals surface area contributed by atoms with Gasteiger partial charge in [0, 0.05) is 20.6 Å². The first-order valence-corrected chi connectivity index (χ1v) is 8.31. The molecule has 118 valence electrons. The molecule has 0 aliphatic heterocycles. The van der Waals surface area contributed by atoms with Gasteiger partial charge in [0.25, 0.3) is 0 Å². The van der Waals surface area contributed by atoms with Gasteiger partial charge in [-0.1, -0.05) is 6.92 Å². The molecule has 8 heteroatoms. The van der Waals surface area contributed by atoms with Crippen LogP contribution in [0.15, 0.2) is 12.1 Å². The zero-order valence-electron chi connectivity index (χ0n) is 13.0. The van der Waals surface area contributed by atoms with E-state index in [0.29, 0.717) is 5.82 Å². The monoisotopic (exact) mass is 315 g/mol. The molecule has 1 rings (SSSR count). The Bertz CT molecular complexity index is 616. The SMILES string of the molecule is CCCN(C)c1cc(C(=O)OC)cc(N(C)S(C)(=O)=O)n1. The lowest BCUT2D eigenvalue weighted by molar-refractivity contribution is 0.0600. The fourth-order valence-corrected chi connectivity index (χ4v) is 2.15. The molecule has 0 radical (unpaired) electrons. The number of carbonyl (C=O) groups excluding carboxylic acids is 1. The van der Waals surface area contributed by atoms with Crippen LogP contribution in [-0.2, 0) is 14.8 Å². The normalized spacial score (nSPS) is 11.1. The van der Waals surface area contributed by atoms with Gasteiger partial charge in [-0.05, 0) is 18.6 Å². The lowest BCUT2D eigenvalue weighted by Crippen LogP contribution is -2.27. The Kier molecular flexibility index (Phi) is 5.54. The number of rotatable bonds is 6. The molecule has 0 aliphatic rings. The summed E-state index contributed by atoms with van der Waals surface area (Å²) in [5.41, 5.74) is 0.260. The number of nitrogens with zero attached hydrogens (tertiary/aromatic N) is 3. The molecule has 0 N–H and O–H groups in total. The van der Waals surface area contributed by atoms with Gasteiger partial charge < -0.3 is 9.64 Å². The van der Waals surface area contributed by atoms with E-state index in [0.717, 1.165) is 23.5 Å². The van der Waals surface area contributed by atoms with E-state index in [1.54, 1.807) is 6.07 Å². The van der Waals surface area contributed by atoms with Crippen LogP contribution in [0.1, 0.15) is 23.7 Å². The van der Waals surface area contributed by atoms with Crippen molar-refractivity contribution < 1.29 is 17.9 Å². The van der Waals surface area contributed by atoms with Gasteiger partial charge in [-0.25, -0.2) is 18.2 Å². The molecule has 0 amide bonds. The maximum Gasteiger partial charge on any atom is 0.338 e. The van der Waals surface area contributed by atoms with Gasteiger partial charge in [0.1, 0.15) is 11.6 Å². The molecule has 0 saturated heterocycles. The van der Waals surface area contributed by atoms with Gasteiger partial charge in [-0.3, -0.25) is 4.31 Å². The van der Waals surface area contributed by atoms with Crippen molar-refractivity contribution >= 4 is 27.6 Å². The van der Waals surface area contributed by atoms with Crippen LogP contribution in [0, 0.1) is 0 Å². The highest BCUT2D eigenvalue weighted by Gasteiger charge is 2.18. The molecular weight excluding hydrogens is 294 g/mol. The van der Waals surface area contributed by atoms with E-state index in [1.807, 2.05) is 18.9 Å². The van der Waals surface area contributed by atoms with E-state index < -0.39 is 16.0 Å². The van der Waals surface area contributed by atoms with Crippen LogP contribution in [0.4, 0.5) is 11.6 Å². The Morgan fingerprint density at radius 1 is 1.29 bits per heavy atom. The van der Waals surface area contributed by atoms with Crippen molar-refractivity contribution in [2.24, 2.45) is 0 Å². The van der Waals surface area contributed by atoms with Crippen LogP contribution >= 0.6 is 0 Å². The first-order chi connectivity index (χ1) is 9.70. The molecular formula is C13H21N3O4S. The molecule has 7 nitrogen and oxygen atoms in total. The lowest BCUT2D eigenvalue weighted by atomic mass is 10.2. The molecule has 0 saturated carbocycles. The van der Waals surface area contributed by atoms with Gasteiger partial charge in [0.15, 0.2) is 0 Å². The molecule has 0 aliphatic carbocycles. The van der Waals surface area contributed by atoms with Gasteiger partial charge in [-0.15, -0.1) is 0 Å². The summed E-state index contributed by atoms with van der Waals surface area (Å²) < 4.78 is 29.0. The first kappa shape index (κ1) is 17.2. The zero-order valence-corrected chi connectivity index (χ0v) is 13.8. The zero-order chi connectivity index (χ0) is 16.2. The van der Waals surface area contributed by atoms with Crippen molar-refractivity contribution in [3.63, 3.8) is 0 Å². The molecule has 1 aromatic rings. The highest BCUT2D eigenvalue weighted by molar-refractivity contribution is 7.92. The van der Waals surface area contributed by atoms with E-state index in [2.05, 4.69) is 4.98 Å². The summed E-state index contributed by atoms with van der Waals surface area (Å²) in [5.74, 6) is 0.162.